The molecular weight excluding hydrogens is 260 g/mol. The fourth-order valence-electron chi connectivity index (χ4n) is 2.36. The molecule has 0 aliphatic carbocycles. The van der Waals surface area contributed by atoms with Crippen LogP contribution in [-0.2, 0) is 6.42 Å². The summed E-state index contributed by atoms with van der Waals surface area (Å²) in [5, 5.41) is 10.3. The summed E-state index contributed by atoms with van der Waals surface area (Å²) in [5.74, 6) is 0.867. The zero-order chi connectivity index (χ0) is 15.1. The van der Waals surface area contributed by atoms with Crippen molar-refractivity contribution in [3.63, 3.8) is 0 Å². The van der Waals surface area contributed by atoms with Gasteiger partial charge in [-0.15, -0.1) is 0 Å². The van der Waals surface area contributed by atoms with Crippen molar-refractivity contribution >= 4 is 0 Å². The molecule has 2 nitrogen and oxygen atoms in total. The summed E-state index contributed by atoms with van der Waals surface area (Å²) in [7, 11) is 0. The van der Waals surface area contributed by atoms with Crippen LogP contribution >= 0.6 is 0 Å². The molecule has 2 rings (SSSR count). The zero-order valence-corrected chi connectivity index (χ0v) is 12.9. The fraction of sp³-hybridized carbons (Fsp3) is 0.368. The van der Waals surface area contributed by atoms with Crippen LogP contribution in [0.25, 0.3) is 0 Å². The van der Waals surface area contributed by atoms with Crippen LogP contribution in [0.2, 0.25) is 0 Å². The first-order valence-electron chi connectivity index (χ1n) is 7.66. The van der Waals surface area contributed by atoms with Crippen LogP contribution < -0.4 is 4.74 Å². The van der Waals surface area contributed by atoms with Gasteiger partial charge in [-0.05, 0) is 55.0 Å². The highest BCUT2D eigenvalue weighted by molar-refractivity contribution is 5.29. The van der Waals surface area contributed by atoms with Crippen LogP contribution in [0.3, 0.4) is 0 Å². The van der Waals surface area contributed by atoms with E-state index in [4.69, 9.17) is 4.74 Å². The molecule has 21 heavy (non-hydrogen) atoms. The molecule has 0 spiro atoms. The van der Waals surface area contributed by atoms with Crippen molar-refractivity contribution in [2.75, 3.05) is 6.61 Å². The summed E-state index contributed by atoms with van der Waals surface area (Å²) in [6, 6.07) is 16.1. The Balaban J connectivity index is 1.91. The molecule has 0 saturated heterocycles. The lowest BCUT2D eigenvalue weighted by Crippen LogP contribution is -2.01. The van der Waals surface area contributed by atoms with Crippen molar-refractivity contribution in [3.05, 3.63) is 65.2 Å². The Morgan fingerprint density at radius 1 is 1.05 bits per heavy atom. The molecule has 0 saturated carbocycles. The van der Waals surface area contributed by atoms with E-state index in [1.54, 1.807) is 0 Å². The normalized spacial score (nSPS) is 12.1. The topological polar surface area (TPSA) is 29.5 Å². The Labute approximate surface area is 127 Å². The minimum atomic E-state index is -0.426. The van der Waals surface area contributed by atoms with Crippen molar-refractivity contribution in [2.45, 2.75) is 39.2 Å². The third-order valence-corrected chi connectivity index (χ3v) is 3.69. The fourth-order valence-corrected chi connectivity index (χ4v) is 2.36. The van der Waals surface area contributed by atoms with E-state index in [2.05, 4.69) is 32.0 Å². The SMILES string of the molecule is CCCOc1ccc(C(O)CCc2ccccc2C)cc1. The molecule has 1 unspecified atom stereocenters. The van der Waals surface area contributed by atoms with Gasteiger partial charge in [-0.1, -0.05) is 43.3 Å². The Kier molecular flexibility index (Phi) is 5.82. The molecule has 2 heteroatoms. The number of hydrogen-bond donors (Lipinski definition) is 1. The molecule has 0 bridgehead atoms. The Morgan fingerprint density at radius 2 is 1.76 bits per heavy atom. The number of aliphatic hydroxyl groups excluding tert-OH is 1. The minimum Gasteiger partial charge on any atom is -0.494 e. The van der Waals surface area contributed by atoms with Gasteiger partial charge in [0.1, 0.15) is 5.75 Å². The van der Waals surface area contributed by atoms with E-state index in [0.29, 0.717) is 0 Å². The summed E-state index contributed by atoms with van der Waals surface area (Å²) in [6.07, 6.45) is 2.20. The smallest absolute Gasteiger partial charge is 0.119 e. The van der Waals surface area contributed by atoms with Crippen LogP contribution in [0.1, 0.15) is 42.6 Å². The monoisotopic (exact) mass is 284 g/mol. The highest BCUT2D eigenvalue weighted by Gasteiger charge is 2.08. The second-order valence-electron chi connectivity index (χ2n) is 5.40. The first-order chi connectivity index (χ1) is 10.2. The Morgan fingerprint density at radius 3 is 2.43 bits per heavy atom. The summed E-state index contributed by atoms with van der Waals surface area (Å²) < 4.78 is 5.55. The van der Waals surface area contributed by atoms with Crippen molar-refractivity contribution in [3.8, 4) is 5.75 Å². The number of aryl methyl sites for hydroxylation is 2. The zero-order valence-electron chi connectivity index (χ0n) is 12.9. The van der Waals surface area contributed by atoms with Gasteiger partial charge in [0, 0.05) is 0 Å². The van der Waals surface area contributed by atoms with Gasteiger partial charge in [0.25, 0.3) is 0 Å². The molecule has 2 aromatic carbocycles. The molecule has 0 radical (unpaired) electrons. The Bertz CT molecular complexity index is 546. The summed E-state index contributed by atoms with van der Waals surface area (Å²) in [5.41, 5.74) is 3.54. The van der Waals surface area contributed by atoms with Gasteiger partial charge in [-0.3, -0.25) is 0 Å². The van der Waals surface area contributed by atoms with Gasteiger partial charge < -0.3 is 9.84 Å². The molecular formula is C19H24O2. The predicted molar refractivity (Wildman–Crippen MR) is 86.7 cm³/mol. The third-order valence-electron chi connectivity index (χ3n) is 3.69. The second-order valence-corrected chi connectivity index (χ2v) is 5.40. The molecule has 0 aliphatic heterocycles. The van der Waals surface area contributed by atoms with Gasteiger partial charge in [0.05, 0.1) is 12.7 Å². The van der Waals surface area contributed by atoms with Gasteiger partial charge >= 0.3 is 0 Å². The number of benzene rings is 2. The van der Waals surface area contributed by atoms with Crippen molar-refractivity contribution in [2.24, 2.45) is 0 Å². The number of hydrogen-bond acceptors (Lipinski definition) is 2. The van der Waals surface area contributed by atoms with Gasteiger partial charge in [0.15, 0.2) is 0 Å². The second kappa shape index (κ2) is 7.84. The summed E-state index contributed by atoms with van der Waals surface area (Å²) in [6.45, 7) is 4.93. The lowest BCUT2D eigenvalue weighted by atomic mass is 9.99. The molecule has 0 amide bonds. The van der Waals surface area contributed by atoms with Crippen molar-refractivity contribution < 1.29 is 9.84 Å². The van der Waals surface area contributed by atoms with E-state index in [9.17, 15) is 5.11 Å². The van der Waals surface area contributed by atoms with E-state index in [1.165, 1.54) is 11.1 Å². The quantitative estimate of drug-likeness (QED) is 0.814. The van der Waals surface area contributed by atoms with E-state index >= 15 is 0 Å². The van der Waals surface area contributed by atoms with Gasteiger partial charge in [-0.25, -0.2) is 0 Å². The van der Waals surface area contributed by atoms with Crippen LogP contribution in [0.4, 0.5) is 0 Å². The van der Waals surface area contributed by atoms with Crippen molar-refractivity contribution in [1.82, 2.24) is 0 Å². The maximum Gasteiger partial charge on any atom is 0.119 e. The maximum absolute atomic E-state index is 10.3. The molecule has 0 heterocycles. The van der Waals surface area contributed by atoms with Crippen LogP contribution in [0.5, 0.6) is 5.75 Å². The average molecular weight is 284 g/mol. The first-order valence-corrected chi connectivity index (χ1v) is 7.66. The summed E-state index contributed by atoms with van der Waals surface area (Å²) >= 11 is 0. The van der Waals surface area contributed by atoms with Crippen molar-refractivity contribution in [1.29, 1.82) is 0 Å². The molecule has 0 fully saturated rings. The summed E-state index contributed by atoms with van der Waals surface area (Å²) in [4.78, 5) is 0. The Hall–Kier alpha value is -1.80. The lowest BCUT2D eigenvalue weighted by molar-refractivity contribution is 0.167. The third kappa shape index (κ3) is 4.61. The van der Waals surface area contributed by atoms with Crippen LogP contribution in [0, 0.1) is 6.92 Å². The van der Waals surface area contributed by atoms with Crippen LogP contribution in [-0.4, -0.2) is 11.7 Å². The molecule has 112 valence electrons. The molecule has 1 atom stereocenters. The largest absolute Gasteiger partial charge is 0.494 e. The van der Waals surface area contributed by atoms with E-state index in [-0.39, 0.29) is 0 Å². The maximum atomic E-state index is 10.3. The lowest BCUT2D eigenvalue weighted by Gasteiger charge is -2.13. The van der Waals surface area contributed by atoms with E-state index in [1.807, 2.05) is 30.3 Å². The van der Waals surface area contributed by atoms with Gasteiger partial charge in [-0.2, -0.15) is 0 Å². The predicted octanol–water partition coefficient (Wildman–Crippen LogP) is 4.45. The number of ether oxygens (including phenoxy) is 1. The highest BCUT2D eigenvalue weighted by Crippen LogP contribution is 2.22. The minimum absolute atomic E-state index is 0.426. The van der Waals surface area contributed by atoms with Gasteiger partial charge in [0.2, 0.25) is 0 Å². The standard InChI is InChI=1S/C19H24O2/c1-3-14-21-18-11-8-17(9-12-18)19(20)13-10-16-7-5-4-6-15(16)2/h4-9,11-12,19-20H,3,10,13-14H2,1-2H3. The van der Waals surface area contributed by atoms with E-state index in [0.717, 1.165) is 37.2 Å². The highest BCUT2D eigenvalue weighted by atomic mass is 16.5. The number of rotatable bonds is 7. The molecule has 0 aromatic heterocycles. The molecule has 2 aromatic rings. The molecule has 1 N–H and O–H groups in total. The first kappa shape index (κ1) is 15.6. The van der Waals surface area contributed by atoms with Crippen LogP contribution in [0.15, 0.2) is 48.5 Å². The number of aliphatic hydroxyl groups is 1. The van der Waals surface area contributed by atoms with E-state index < -0.39 is 6.10 Å². The molecule has 0 aliphatic rings. The average Bonchev–Trinajstić information content (AvgIpc) is 2.52.